The molecule has 1 aliphatic rings. The third-order valence-electron chi connectivity index (χ3n) is 3.05. The molecule has 1 aliphatic heterocycles. The summed E-state index contributed by atoms with van der Waals surface area (Å²) in [5.41, 5.74) is 2.65. The second kappa shape index (κ2) is 4.52. The van der Waals surface area contributed by atoms with Crippen molar-refractivity contribution >= 4 is 17.4 Å². The van der Waals surface area contributed by atoms with Crippen molar-refractivity contribution in [3.63, 3.8) is 0 Å². The largest absolute Gasteiger partial charge is 0.326 e. The van der Waals surface area contributed by atoms with Crippen LogP contribution in [0.1, 0.15) is 12.1 Å². The molecule has 3 rings (SSSR count). The zero-order chi connectivity index (χ0) is 12.4. The first-order valence-electron chi connectivity index (χ1n) is 6.01. The number of fused-ring (bicyclic) bond motifs is 1. The molecule has 92 valence electrons. The lowest BCUT2D eigenvalue weighted by Gasteiger charge is -2.26. The van der Waals surface area contributed by atoms with E-state index in [1.165, 1.54) is 0 Å². The molecule has 1 aromatic carbocycles. The number of amides is 2. The highest BCUT2D eigenvalue weighted by molar-refractivity contribution is 6.02. The minimum atomic E-state index is -0.108. The van der Waals surface area contributed by atoms with Crippen molar-refractivity contribution in [3.8, 4) is 0 Å². The summed E-state index contributed by atoms with van der Waals surface area (Å²) < 4.78 is 0. The number of carbonyl (C=O) groups is 1. The number of aromatic nitrogens is 2. The van der Waals surface area contributed by atoms with Crippen LogP contribution < -0.4 is 10.2 Å². The third-order valence-corrected chi connectivity index (χ3v) is 3.05. The Labute approximate surface area is 105 Å². The molecular weight excluding hydrogens is 228 g/mol. The number of nitrogens with one attached hydrogen (secondary N) is 2. The first kappa shape index (κ1) is 10.8. The van der Waals surface area contributed by atoms with E-state index in [0.29, 0.717) is 0 Å². The van der Waals surface area contributed by atoms with Gasteiger partial charge >= 0.3 is 6.03 Å². The fraction of sp³-hybridized carbons (Fsp3) is 0.231. The number of aromatic amines is 1. The average Bonchev–Trinajstić information content (AvgIpc) is 2.87. The Morgan fingerprint density at radius 1 is 1.33 bits per heavy atom. The second-order valence-corrected chi connectivity index (χ2v) is 4.27. The van der Waals surface area contributed by atoms with Crippen molar-refractivity contribution in [2.45, 2.75) is 12.8 Å². The van der Waals surface area contributed by atoms with Crippen LogP contribution in [0.5, 0.6) is 0 Å². The Bertz CT molecular complexity index is 549. The summed E-state index contributed by atoms with van der Waals surface area (Å²) in [6.45, 7) is 0.727. The van der Waals surface area contributed by atoms with Gasteiger partial charge in [-0.2, -0.15) is 5.10 Å². The summed E-state index contributed by atoms with van der Waals surface area (Å²) in [7, 11) is 0. The van der Waals surface area contributed by atoms with Crippen LogP contribution in [0.3, 0.4) is 0 Å². The molecule has 0 saturated heterocycles. The number of anilines is 2. The molecule has 0 radical (unpaired) electrons. The molecule has 0 fully saturated rings. The fourth-order valence-electron chi connectivity index (χ4n) is 2.18. The van der Waals surface area contributed by atoms with Crippen LogP contribution in [-0.4, -0.2) is 22.8 Å². The Morgan fingerprint density at radius 2 is 2.17 bits per heavy atom. The summed E-state index contributed by atoms with van der Waals surface area (Å²) in [4.78, 5) is 13.9. The smallest absolute Gasteiger partial charge is 0.308 e. The van der Waals surface area contributed by atoms with Gasteiger partial charge in [-0.05, 0) is 25.0 Å². The molecule has 0 aliphatic carbocycles. The minimum absolute atomic E-state index is 0.108. The van der Waals surface area contributed by atoms with Crippen LogP contribution in [0, 0.1) is 0 Å². The molecule has 0 saturated carbocycles. The van der Waals surface area contributed by atoms with Crippen LogP contribution in [0.15, 0.2) is 36.5 Å². The molecule has 18 heavy (non-hydrogen) atoms. The van der Waals surface area contributed by atoms with E-state index in [1.807, 2.05) is 30.3 Å². The van der Waals surface area contributed by atoms with E-state index in [4.69, 9.17) is 0 Å². The maximum Gasteiger partial charge on any atom is 0.326 e. The van der Waals surface area contributed by atoms with E-state index >= 15 is 0 Å². The average molecular weight is 242 g/mol. The quantitative estimate of drug-likeness (QED) is 0.806. The zero-order valence-electron chi connectivity index (χ0n) is 9.89. The topological polar surface area (TPSA) is 61.0 Å². The van der Waals surface area contributed by atoms with Crippen molar-refractivity contribution in [2.24, 2.45) is 0 Å². The second-order valence-electron chi connectivity index (χ2n) is 4.27. The molecule has 2 N–H and O–H groups in total. The normalized spacial score (nSPS) is 14.1. The lowest BCUT2D eigenvalue weighted by atomic mass is 10.1. The molecule has 5 nitrogen and oxygen atoms in total. The Kier molecular flexibility index (Phi) is 2.72. The number of rotatable bonds is 1. The molecule has 0 bridgehead atoms. The van der Waals surface area contributed by atoms with Crippen molar-refractivity contribution in [3.05, 3.63) is 42.2 Å². The summed E-state index contributed by atoms with van der Waals surface area (Å²) in [6, 6.07) is 9.36. The predicted molar refractivity (Wildman–Crippen MR) is 69.7 cm³/mol. The molecule has 0 unspecified atom stereocenters. The van der Waals surface area contributed by atoms with Gasteiger partial charge < -0.3 is 5.32 Å². The molecule has 0 spiro atoms. The van der Waals surface area contributed by atoms with Crippen LogP contribution in [0.2, 0.25) is 0 Å². The van der Waals surface area contributed by atoms with E-state index in [0.717, 1.165) is 36.5 Å². The van der Waals surface area contributed by atoms with Gasteiger partial charge in [0, 0.05) is 18.4 Å². The van der Waals surface area contributed by atoms with E-state index in [9.17, 15) is 4.79 Å². The van der Waals surface area contributed by atoms with Crippen molar-refractivity contribution in [2.75, 3.05) is 16.8 Å². The lowest BCUT2D eigenvalue weighted by Crippen LogP contribution is -2.38. The van der Waals surface area contributed by atoms with E-state index < -0.39 is 0 Å². The van der Waals surface area contributed by atoms with Gasteiger partial charge in [0.15, 0.2) is 0 Å². The predicted octanol–water partition coefficient (Wildman–Crippen LogP) is 2.39. The van der Waals surface area contributed by atoms with Crippen LogP contribution >= 0.6 is 0 Å². The van der Waals surface area contributed by atoms with Gasteiger partial charge in [0.1, 0.15) is 0 Å². The lowest BCUT2D eigenvalue weighted by molar-refractivity contribution is 0.256. The van der Waals surface area contributed by atoms with Gasteiger partial charge in [-0.25, -0.2) is 4.79 Å². The number of hydrogen-bond donors (Lipinski definition) is 2. The monoisotopic (exact) mass is 242 g/mol. The van der Waals surface area contributed by atoms with Gasteiger partial charge in [-0.1, -0.05) is 18.2 Å². The number of aryl methyl sites for hydroxylation is 1. The minimum Gasteiger partial charge on any atom is -0.308 e. The number of nitrogens with zero attached hydrogens (tertiary/aromatic N) is 2. The summed E-state index contributed by atoms with van der Waals surface area (Å²) in [5, 5.41) is 9.85. The van der Waals surface area contributed by atoms with Gasteiger partial charge in [0.25, 0.3) is 0 Å². The van der Waals surface area contributed by atoms with Gasteiger partial charge in [-0.15, -0.1) is 0 Å². The zero-order valence-corrected chi connectivity index (χ0v) is 9.89. The number of hydrogen-bond acceptors (Lipinski definition) is 2. The maximum atomic E-state index is 12.2. The number of urea groups is 1. The Morgan fingerprint density at radius 3 is 3.00 bits per heavy atom. The number of H-pyrrole nitrogens is 1. The van der Waals surface area contributed by atoms with Gasteiger partial charge in [0.2, 0.25) is 0 Å². The van der Waals surface area contributed by atoms with Crippen molar-refractivity contribution < 1.29 is 4.79 Å². The Hall–Kier alpha value is -2.30. The van der Waals surface area contributed by atoms with Gasteiger partial charge in [0.05, 0.1) is 11.4 Å². The van der Waals surface area contributed by atoms with Crippen molar-refractivity contribution in [1.82, 2.24) is 10.2 Å². The first-order chi connectivity index (χ1) is 8.84. The fourth-order valence-corrected chi connectivity index (χ4v) is 2.18. The molecular formula is C13H14N4O. The van der Waals surface area contributed by atoms with Crippen LogP contribution in [0.4, 0.5) is 16.2 Å². The van der Waals surface area contributed by atoms with E-state index in [1.54, 1.807) is 11.1 Å². The number of carbonyl (C=O) groups excluding carboxylic acids is 1. The highest BCUT2D eigenvalue weighted by Gasteiger charge is 2.24. The Balaban J connectivity index is 1.79. The standard InChI is InChI=1S/C13H14N4O/c18-13(15-10-5-2-1-3-6-10)17-8-4-7-11-12(17)9-14-16-11/h1-3,5-6,9H,4,7-8H2,(H,14,16)(H,15,18). The maximum absolute atomic E-state index is 12.2. The molecule has 2 heterocycles. The molecule has 0 atom stereocenters. The van der Waals surface area contributed by atoms with Crippen LogP contribution in [0.25, 0.3) is 0 Å². The SMILES string of the molecule is O=C(Nc1ccccc1)N1CCCc2n[nH]cc21. The first-order valence-corrected chi connectivity index (χ1v) is 6.01. The number of para-hydroxylation sites is 1. The summed E-state index contributed by atoms with van der Waals surface area (Å²) in [5.74, 6) is 0. The van der Waals surface area contributed by atoms with Gasteiger partial charge in [-0.3, -0.25) is 10.00 Å². The molecule has 1 aromatic heterocycles. The highest BCUT2D eigenvalue weighted by atomic mass is 16.2. The number of benzene rings is 1. The third kappa shape index (κ3) is 1.95. The van der Waals surface area contributed by atoms with E-state index in [2.05, 4.69) is 15.5 Å². The summed E-state index contributed by atoms with van der Waals surface area (Å²) in [6.07, 6.45) is 3.65. The molecule has 2 amide bonds. The van der Waals surface area contributed by atoms with Crippen LogP contribution in [-0.2, 0) is 6.42 Å². The van der Waals surface area contributed by atoms with E-state index in [-0.39, 0.29) is 6.03 Å². The summed E-state index contributed by atoms with van der Waals surface area (Å²) >= 11 is 0. The molecule has 2 aromatic rings. The molecule has 5 heteroatoms. The van der Waals surface area contributed by atoms with Crippen molar-refractivity contribution in [1.29, 1.82) is 0 Å². The highest BCUT2D eigenvalue weighted by Crippen LogP contribution is 2.25.